The van der Waals surface area contributed by atoms with Crippen molar-refractivity contribution in [2.75, 3.05) is 6.61 Å². The predicted molar refractivity (Wildman–Crippen MR) is 60.3 cm³/mol. The molecule has 5 heteroatoms. The normalized spacial score (nSPS) is 9.40. The van der Waals surface area contributed by atoms with Gasteiger partial charge in [0.2, 0.25) is 5.96 Å². The van der Waals surface area contributed by atoms with Gasteiger partial charge in [0.05, 0.1) is 13.2 Å². The molecule has 0 fully saturated rings. The van der Waals surface area contributed by atoms with E-state index in [2.05, 4.69) is 10.5 Å². The topological polar surface area (TPSA) is 85.7 Å². The minimum Gasteiger partial charge on any atom is -0.494 e. The summed E-state index contributed by atoms with van der Waals surface area (Å²) in [7, 11) is 0. The molecule has 5 N–H and O–H groups in total. The Morgan fingerprint density at radius 2 is 2.00 bits per heavy atom. The molecule has 0 unspecified atom stereocenters. The van der Waals surface area contributed by atoms with Crippen molar-refractivity contribution in [1.82, 2.24) is 5.43 Å². The molecule has 1 aromatic rings. The average molecular weight is 208 g/mol. The van der Waals surface area contributed by atoms with Crippen LogP contribution in [0.5, 0.6) is 5.75 Å². The third-order valence-electron chi connectivity index (χ3n) is 1.73. The van der Waals surface area contributed by atoms with Crippen molar-refractivity contribution in [3.05, 3.63) is 29.8 Å². The van der Waals surface area contributed by atoms with Gasteiger partial charge in [-0.1, -0.05) is 12.1 Å². The molecule has 0 bridgehead atoms. The zero-order chi connectivity index (χ0) is 11.1. The van der Waals surface area contributed by atoms with E-state index >= 15 is 0 Å². The second kappa shape index (κ2) is 5.74. The number of rotatable bonds is 5. The van der Waals surface area contributed by atoms with Crippen LogP contribution < -0.4 is 21.6 Å². The molecule has 0 saturated carbocycles. The van der Waals surface area contributed by atoms with E-state index in [1.807, 2.05) is 31.2 Å². The monoisotopic (exact) mass is 208 g/mol. The molecule has 0 amide bonds. The summed E-state index contributed by atoms with van der Waals surface area (Å²) in [5.41, 5.74) is 14.2. The molecule has 0 aliphatic carbocycles. The third kappa shape index (κ3) is 4.21. The van der Waals surface area contributed by atoms with Crippen LogP contribution in [0.25, 0.3) is 0 Å². The van der Waals surface area contributed by atoms with Crippen LogP contribution in [0.3, 0.4) is 0 Å². The van der Waals surface area contributed by atoms with Crippen molar-refractivity contribution >= 4 is 5.96 Å². The predicted octanol–water partition coefficient (Wildman–Crippen LogP) is 0.363. The lowest BCUT2D eigenvalue weighted by Gasteiger charge is -2.04. The molecule has 0 saturated heterocycles. The standard InChI is InChI=1S/C10H16N4O/c1-2-15-9-5-3-8(4-6-9)7-13-14-10(11)12/h3-6,13H,2,7H2,1H3,(H4,11,12,14). The Labute approximate surface area is 89.1 Å². The summed E-state index contributed by atoms with van der Waals surface area (Å²) >= 11 is 0. The van der Waals surface area contributed by atoms with Gasteiger partial charge in [0.25, 0.3) is 0 Å². The SMILES string of the molecule is CCOc1ccc(CNN=C(N)N)cc1. The molecule has 0 atom stereocenters. The Hall–Kier alpha value is -1.91. The van der Waals surface area contributed by atoms with Gasteiger partial charge < -0.3 is 21.6 Å². The van der Waals surface area contributed by atoms with E-state index in [1.165, 1.54) is 0 Å². The van der Waals surface area contributed by atoms with Gasteiger partial charge in [-0.25, -0.2) is 0 Å². The zero-order valence-corrected chi connectivity index (χ0v) is 8.73. The van der Waals surface area contributed by atoms with E-state index in [1.54, 1.807) is 0 Å². The van der Waals surface area contributed by atoms with E-state index in [0.29, 0.717) is 13.2 Å². The molecule has 5 nitrogen and oxygen atoms in total. The fourth-order valence-corrected chi connectivity index (χ4v) is 1.09. The highest BCUT2D eigenvalue weighted by molar-refractivity contribution is 5.75. The molecule has 0 aromatic heterocycles. The van der Waals surface area contributed by atoms with Gasteiger partial charge in [-0.05, 0) is 24.6 Å². The second-order valence-electron chi connectivity index (χ2n) is 2.95. The van der Waals surface area contributed by atoms with Crippen LogP contribution in [0.15, 0.2) is 29.4 Å². The Kier molecular flexibility index (Phi) is 4.28. The van der Waals surface area contributed by atoms with Crippen LogP contribution in [0.2, 0.25) is 0 Å². The molecular weight excluding hydrogens is 192 g/mol. The highest BCUT2D eigenvalue weighted by Crippen LogP contribution is 2.11. The van der Waals surface area contributed by atoms with E-state index in [-0.39, 0.29) is 5.96 Å². The first kappa shape index (κ1) is 11.2. The van der Waals surface area contributed by atoms with Crippen molar-refractivity contribution in [3.8, 4) is 5.75 Å². The first-order valence-corrected chi connectivity index (χ1v) is 4.75. The summed E-state index contributed by atoms with van der Waals surface area (Å²) < 4.78 is 5.32. The van der Waals surface area contributed by atoms with E-state index in [0.717, 1.165) is 11.3 Å². The van der Waals surface area contributed by atoms with Gasteiger partial charge in [0.15, 0.2) is 0 Å². The van der Waals surface area contributed by atoms with Crippen LogP contribution in [0.4, 0.5) is 0 Å². The molecule has 0 radical (unpaired) electrons. The third-order valence-corrected chi connectivity index (χ3v) is 1.73. The number of nitrogens with zero attached hydrogens (tertiary/aromatic N) is 1. The van der Waals surface area contributed by atoms with Crippen molar-refractivity contribution < 1.29 is 4.74 Å². The van der Waals surface area contributed by atoms with Gasteiger partial charge in [-0.3, -0.25) is 0 Å². The maximum Gasteiger partial charge on any atom is 0.208 e. The minimum atomic E-state index is 0.0286. The van der Waals surface area contributed by atoms with Crippen molar-refractivity contribution in [2.24, 2.45) is 16.6 Å². The van der Waals surface area contributed by atoms with Crippen molar-refractivity contribution in [1.29, 1.82) is 0 Å². The molecule has 15 heavy (non-hydrogen) atoms. The Bertz CT molecular complexity index is 317. The number of hydrazone groups is 1. The first-order chi connectivity index (χ1) is 7.22. The molecule has 82 valence electrons. The van der Waals surface area contributed by atoms with Gasteiger partial charge in [0.1, 0.15) is 5.75 Å². The van der Waals surface area contributed by atoms with Gasteiger partial charge >= 0.3 is 0 Å². The number of hydrogen-bond donors (Lipinski definition) is 3. The van der Waals surface area contributed by atoms with Gasteiger partial charge in [0, 0.05) is 0 Å². The van der Waals surface area contributed by atoms with Crippen LogP contribution in [-0.2, 0) is 6.54 Å². The number of guanidine groups is 1. The minimum absolute atomic E-state index is 0.0286. The van der Waals surface area contributed by atoms with Crippen molar-refractivity contribution in [3.63, 3.8) is 0 Å². The quantitative estimate of drug-likeness (QED) is 0.370. The molecule has 1 rings (SSSR count). The number of benzene rings is 1. The van der Waals surface area contributed by atoms with Crippen LogP contribution in [-0.4, -0.2) is 12.6 Å². The fourth-order valence-electron chi connectivity index (χ4n) is 1.09. The first-order valence-electron chi connectivity index (χ1n) is 4.75. The van der Waals surface area contributed by atoms with E-state index in [4.69, 9.17) is 16.2 Å². The second-order valence-corrected chi connectivity index (χ2v) is 2.95. The molecular formula is C10H16N4O. The molecule has 0 spiro atoms. The maximum atomic E-state index is 5.32. The number of hydrogen-bond acceptors (Lipinski definition) is 3. The zero-order valence-electron chi connectivity index (χ0n) is 8.73. The maximum absolute atomic E-state index is 5.32. The molecule has 1 aromatic carbocycles. The highest BCUT2D eigenvalue weighted by Gasteiger charge is 1.93. The fraction of sp³-hybridized carbons (Fsp3) is 0.300. The summed E-state index contributed by atoms with van der Waals surface area (Å²) in [6, 6.07) is 7.74. The molecule has 0 aliphatic heterocycles. The van der Waals surface area contributed by atoms with Crippen LogP contribution >= 0.6 is 0 Å². The number of ether oxygens (including phenoxy) is 1. The lowest BCUT2D eigenvalue weighted by molar-refractivity contribution is 0.340. The Balaban J connectivity index is 2.46. The summed E-state index contributed by atoms with van der Waals surface area (Å²) in [5.74, 6) is 0.893. The van der Waals surface area contributed by atoms with Gasteiger partial charge in [-0.15, -0.1) is 5.10 Å². The van der Waals surface area contributed by atoms with E-state index in [9.17, 15) is 0 Å². The van der Waals surface area contributed by atoms with Crippen molar-refractivity contribution in [2.45, 2.75) is 13.5 Å². The summed E-state index contributed by atoms with van der Waals surface area (Å²) in [6.07, 6.45) is 0. The largest absolute Gasteiger partial charge is 0.494 e. The number of nitrogens with two attached hydrogens (primary N) is 2. The highest BCUT2D eigenvalue weighted by atomic mass is 16.5. The number of nitrogens with one attached hydrogen (secondary N) is 1. The smallest absolute Gasteiger partial charge is 0.208 e. The lowest BCUT2D eigenvalue weighted by Crippen LogP contribution is -2.26. The summed E-state index contributed by atoms with van der Waals surface area (Å²) in [4.78, 5) is 0. The lowest BCUT2D eigenvalue weighted by atomic mass is 10.2. The summed E-state index contributed by atoms with van der Waals surface area (Å²) in [6.45, 7) is 3.21. The Morgan fingerprint density at radius 1 is 1.33 bits per heavy atom. The van der Waals surface area contributed by atoms with Crippen LogP contribution in [0.1, 0.15) is 12.5 Å². The van der Waals surface area contributed by atoms with Gasteiger partial charge in [-0.2, -0.15) is 0 Å². The molecule has 0 heterocycles. The van der Waals surface area contributed by atoms with Crippen LogP contribution in [0, 0.1) is 0 Å². The summed E-state index contributed by atoms with van der Waals surface area (Å²) in [5, 5.41) is 3.67. The Morgan fingerprint density at radius 3 is 2.53 bits per heavy atom. The molecule has 0 aliphatic rings. The van der Waals surface area contributed by atoms with E-state index < -0.39 is 0 Å². The average Bonchev–Trinajstić information content (AvgIpc) is 2.20.